The number of morpholine rings is 1. The highest BCUT2D eigenvalue weighted by molar-refractivity contribution is 6.50. The number of anilines is 1. The van der Waals surface area contributed by atoms with Gasteiger partial charge in [-0.05, 0) is 43.2 Å². The van der Waals surface area contributed by atoms with Crippen LogP contribution in [0, 0.1) is 0 Å². The Kier molecular flexibility index (Phi) is 7.07. The van der Waals surface area contributed by atoms with Gasteiger partial charge in [0.05, 0.1) is 24.5 Å². The zero-order valence-electron chi connectivity index (χ0n) is 20.8. The standard InChI is InChI=1S/C28H30ClN3O5/c1-2-12-31-22-7-4-3-6-21(22)28(27(31)36)23(24(33)19-8-10-20(29)11-9-19)25(34)26(35)32(28)14-5-13-30-15-17-37-18-16-30/h3-4,6-11,33H,2,5,12-18H2,1H3. The van der Waals surface area contributed by atoms with E-state index in [1.54, 1.807) is 41.3 Å². The lowest BCUT2D eigenvalue weighted by atomic mass is 9.82. The van der Waals surface area contributed by atoms with Crippen LogP contribution in [0.1, 0.15) is 30.9 Å². The molecule has 1 atom stereocenters. The minimum atomic E-state index is -1.73. The fraction of sp³-hybridized carbons (Fsp3) is 0.393. The van der Waals surface area contributed by atoms with Gasteiger partial charge in [0.2, 0.25) is 0 Å². The number of halogens is 1. The summed E-state index contributed by atoms with van der Waals surface area (Å²) in [6.07, 6.45) is 1.26. The number of hydrogen-bond donors (Lipinski definition) is 1. The molecular weight excluding hydrogens is 494 g/mol. The molecule has 9 heteroatoms. The number of ketones is 1. The number of amides is 2. The van der Waals surface area contributed by atoms with Crippen LogP contribution in [0.4, 0.5) is 5.69 Å². The normalized spacial score (nSPS) is 23.4. The molecule has 3 aliphatic rings. The number of carbonyl (C=O) groups excluding carboxylic acids is 3. The van der Waals surface area contributed by atoms with Crippen LogP contribution in [0.25, 0.3) is 5.76 Å². The largest absolute Gasteiger partial charge is 0.507 e. The van der Waals surface area contributed by atoms with E-state index in [0.29, 0.717) is 61.0 Å². The first-order valence-electron chi connectivity index (χ1n) is 12.7. The third kappa shape index (κ3) is 4.13. The zero-order valence-corrected chi connectivity index (χ0v) is 21.5. The highest BCUT2D eigenvalue weighted by Gasteiger charge is 2.66. The summed E-state index contributed by atoms with van der Waals surface area (Å²) < 4.78 is 5.42. The molecule has 3 aliphatic heterocycles. The highest BCUT2D eigenvalue weighted by Crippen LogP contribution is 2.53. The number of benzene rings is 2. The molecule has 1 unspecified atom stereocenters. The monoisotopic (exact) mass is 523 g/mol. The number of Topliss-reactive ketones (excluding diaryl/α,β-unsaturated/α-hetero) is 1. The molecule has 2 fully saturated rings. The van der Waals surface area contributed by atoms with Crippen molar-refractivity contribution in [3.63, 3.8) is 0 Å². The zero-order chi connectivity index (χ0) is 26.2. The van der Waals surface area contributed by atoms with Gasteiger partial charge in [0.25, 0.3) is 17.6 Å². The number of likely N-dealkylation sites (tertiary alicyclic amines) is 1. The predicted molar refractivity (Wildman–Crippen MR) is 140 cm³/mol. The molecule has 0 aromatic heterocycles. The Bertz CT molecular complexity index is 1250. The van der Waals surface area contributed by atoms with Gasteiger partial charge in [-0.3, -0.25) is 19.3 Å². The summed E-state index contributed by atoms with van der Waals surface area (Å²) in [6.45, 7) is 6.20. The van der Waals surface area contributed by atoms with Crippen molar-refractivity contribution in [1.29, 1.82) is 0 Å². The van der Waals surface area contributed by atoms with Crippen molar-refractivity contribution in [3.05, 3.63) is 70.3 Å². The van der Waals surface area contributed by atoms with Gasteiger partial charge < -0.3 is 19.6 Å². The Labute approximate surface area is 221 Å². The van der Waals surface area contributed by atoms with Gasteiger partial charge in [0.1, 0.15) is 5.76 Å². The summed E-state index contributed by atoms with van der Waals surface area (Å²) >= 11 is 6.04. The average Bonchev–Trinajstić information content (AvgIpc) is 3.28. The van der Waals surface area contributed by atoms with E-state index in [9.17, 15) is 19.5 Å². The lowest BCUT2D eigenvalue weighted by molar-refractivity contribution is -0.143. The van der Waals surface area contributed by atoms with E-state index in [1.165, 1.54) is 4.90 Å². The minimum Gasteiger partial charge on any atom is -0.507 e. The van der Waals surface area contributed by atoms with Gasteiger partial charge in [0, 0.05) is 48.9 Å². The van der Waals surface area contributed by atoms with E-state index >= 15 is 0 Å². The maximum atomic E-state index is 14.3. The van der Waals surface area contributed by atoms with Crippen LogP contribution < -0.4 is 4.90 Å². The number of hydrogen-bond acceptors (Lipinski definition) is 6. The van der Waals surface area contributed by atoms with Gasteiger partial charge in [0.15, 0.2) is 5.54 Å². The van der Waals surface area contributed by atoms with Crippen LogP contribution in [-0.4, -0.2) is 78.4 Å². The van der Waals surface area contributed by atoms with Crippen molar-refractivity contribution in [2.24, 2.45) is 0 Å². The highest BCUT2D eigenvalue weighted by atomic mass is 35.5. The van der Waals surface area contributed by atoms with Crippen molar-refractivity contribution < 1.29 is 24.2 Å². The summed E-state index contributed by atoms with van der Waals surface area (Å²) in [6, 6.07) is 13.6. The van der Waals surface area contributed by atoms with Crippen LogP contribution in [0.5, 0.6) is 0 Å². The first kappa shape index (κ1) is 25.4. The summed E-state index contributed by atoms with van der Waals surface area (Å²) in [5.41, 5.74) is -0.420. The minimum absolute atomic E-state index is 0.192. The lowest BCUT2D eigenvalue weighted by Gasteiger charge is -2.35. The molecule has 194 valence electrons. The Balaban J connectivity index is 1.64. The fourth-order valence-corrected chi connectivity index (χ4v) is 5.77. The molecule has 8 nitrogen and oxygen atoms in total. The predicted octanol–water partition coefficient (Wildman–Crippen LogP) is 3.39. The number of ether oxygens (including phenoxy) is 1. The topological polar surface area (TPSA) is 90.4 Å². The Morgan fingerprint density at radius 1 is 1.00 bits per heavy atom. The molecule has 0 bridgehead atoms. The van der Waals surface area contributed by atoms with Crippen LogP contribution in [0.2, 0.25) is 5.02 Å². The first-order valence-corrected chi connectivity index (χ1v) is 13.1. The van der Waals surface area contributed by atoms with Gasteiger partial charge in [-0.1, -0.05) is 36.7 Å². The molecule has 37 heavy (non-hydrogen) atoms. The van der Waals surface area contributed by atoms with E-state index in [1.807, 2.05) is 19.1 Å². The molecule has 2 amide bonds. The van der Waals surface area contributed by atoms with Crippen LogP contribution in [0.3, 0.4) is 0 Å². The van der Waals surface area contributed by atoms with E-state index < -0.39 is 23.1 Å². The molecule has 2 saturated heterocycles. The fourth-order valence-electron chi connectivity index (χ4n) is 5.64. The number of para-hydroxylation sites is 1. The van der Waals surface area contributed by atoms with E-state index in [2.05, 4.69) is 4.90 Å². The molecular formula is C28H30ClN3O5. The van der Waals surface area contributed by atoms with Crippen LogP contribution >= 0.6 is 11.6 Å². The molecule has 2 aromatic rings. The second-order valence-electron chi connectivity index (χ2n) is 9.51. The van der Waals surface area contributed by atoms with Crippen LogP contribution in [-0.2, 0) is 24.7 Å². The van der Waals surface area contributed by atoms with Crippen molar-refractivity contribution in [1.82, 2.24) is 9.80 Å². The molecule has 0 aliphatic carbocycles. The molecule has 0 saturated carbocycles. The van der Waals surface area contributed by atoms with Crippen molar-refractivity contribution in [3.8, 4) is 0 Å². The van der Waals surface area contributed by atoms with Gasteiger partial charge in [-0.25, -0.2) is 0 Å². The third-order valence-corrected chi connectivity index (χ3v) is 7.59. The van der Waals surface area contributed by atoms with Gasteiger partial charge in [-0.15, -0.1) is 0 Å². The van der Waals surface area contributed by atoms with E-state index in [-0.39, 0.29) is 17.9 Å². The number of aliphatic hydroxyl groups is 1. The molecule has 1 N–H and O–H groups in total. The van der Waals surface area contributed by atoms with Gasteiger partial charge >= 0.3 is 0 Å². The summed E-state index contributed by atoms with van der Waals surface area (Å²) in [4.78, 5) is 46.8. The molecule has 1 spiro atoms. The SMILES string of the molecule is CCCN1C(=O)C2(C(=C(O)c3ccc(Cl)cc3)C(=O)C(=O)N2CCCN2CCOCC2)c2ccccc21. The number of nitrogens with zero attached hydrogens (tertiary/aromatic N) is 3. The second kappa shape index (κ2) is 10.3. The van der Waals surface area contributed by atoms with Crippen molar-refractivity contribution in [2.75, 3.05) is 50.8 Å². The maximum Gasteiger partial charge on any atom is 0.296 e. The Hall–Kier alpha value is -3.20. The number of fused-ring (bicyclic) bond motifs is 2. The first-order chi connectivity index (χ1) is 17.9. The average molecular weight is 524 g/mol. The number of aliphatic hydroxyl groups excluding tert-OH is 1. The summed E-state index contributed by atoms with van der Waals surface area (Å²) in [5, 5.41) is 11.9. The van der Waals surface area contributed by atoms with Crippen molar-refractivity contribution >= 4 is 40.6 Å². The van der Waals surface area contributed by atoms with Gasteiger partial charge in [-0.2, -0.15) is 0 Å². The maximum absolute atomic E-state index is 14.3. The van der Waals surface area contributed by atoms with Crippen LogP contribution in [0.15, 0.2) is 54.1 Å². The summed E-state index contributed by atoms with van der Waals surface area (Å²) in [7, 11) is 0. The third-order valence-electron chi connectivity index (χ3n) is 7.33. The van der Waals surface area contributed by atoms with E-state index in [4.69, 9.17) is 16.3 Å². The Morgan fingerprint density at radius 2 is 1.70 bits per heavy atom. The molecule has 5 rings (SSSR count). The number of carbonyl (C=O) groups is 3. The summed E-state index contributed by atoms with van der Waals surface area (Å²) in [5.74, 6) is -2.41. The molecule has 0 radical (unpaired) electrons. The molecule has 3 heterocycles. The quantitative estimate of drug-likeness (QED) is 0.340. The number of rotatable bonds is 7. The smallest absolute Gasteiger partial charge is 0.296 e. The van der Waals surface area contributed by atoms with E-state index in [0.717, 1.165) is 13.1 Å². The molecule has 2 aromatic carbocycles. The van der Waals surface area contributed by atoms with Crippen molar-refractivity contribution in [2.45, 2.75) is 25.3 Å². The lowest BCUT2D eigenvalue weighted by Crippen LogP contribution is -2.52. The Morgan fingerprint density at radius 3 is 2.41 bits per heavy atom. The second-order valence-corrected chi connectivity index (χ2v) is 9.94.